The molecule has 0 amide bonds. The monoisotopic (exact) mass is 359 g/mol. The summed E-state index contributed by atoms with van der Waals surface area (Å²) >= 11 is 1.69. The number of nitrogens with one attached hydrogen (secondary N) is 2. The van der Waals surface area contributed by atoms with E-state index < -0.39 is 0 Å². The Morgan fingerprint density at radius 1 is 1.04 bits per heavy atom. The van der Waals surface area contributed by atoms with Crippen LogP contribution in [0.2, 0.25) is 0 Å². The van der Waals surface area contributed by atoms with Crippen LogP contribution in [0.25, 0.3) is 31.7 Å². The number of pyridine rings is 1. The second-order valence-corrected chi connectivity index (χ2v) is 7.36. The van der Waals surface area contributed by atoms with E-state index in [1.807, 2.05) is 42.5 Å². The van der Waals surface area contributed by atoms with Gasteiger partial charge in [0.2, 0.25) is 0 Å². The first-order valence-corrected chi connectivity index (χ1v) is 9.23. The number of benzene rings is 1. The Labute approximate surface area is 154 Å². The fourth-order valence-electron chi connectivity index (χ4n) is 3.35. The molecule has 2 N–H and O–H groups in total. The van der Waals surface area contributed by atoms with Crippen molar-refractivity contribution in [2.24, 2.45) is 7.05 Å². The van der Waals surface area contributed by atoms with Crippen molar-refractivity contribution in [2.45, 2.75) is 6.92 Å². The highest BCUT2D eigenvalue weighted by molar-refractivity contribution is 7.21. The lowest BCUT2D eigenvalue weighted by atomic mass is 10.1. The third kappa shape index (κ3) is 2.30. The van der Waals surface area contributed by atoms with Gasteiger partial charge in [-0.05, 0) is 48.9 Å². The Balaban J connectivity index is 1.61. The molecule has 5 rings (SSSR count). The van der Waals surface area contributed by atoms with E-state index in [2.05, 4.69) is 51.6 Å². The third-order valence-corrected chi connectivity index (χ3v) is 5.85. The predicted octanol–water partition coefficient (Wildman–Crippen LogP) is 5.23. The van der Waals surface area contributed by atoms with Crippen LogP contribution >= 0.6 is 11.3 Å². The van der Waals surface area contributed by atoms with Crippen molar-refractivity contribution in [3.8, 4) is 10.6 Å². The summed E-state index contributed by atoms with van der Waals surface area (Å²) in [6.45, 7) is 2.14. The molecule has 0 atom stereocenters. The minimum atomic E-state index is 1.02. The molecule has 128 valence electrons. The highest BCUT2D eigenvalue weighted by Gasteiger charge is 2.12. The molecule has 1 aromatic carbocycles. The van der Waals surface area contributed by atoms with E-state index >= 15 is 0 Å². The topological polar surface area (TPSA) is 58.5 Å². The number of aromatic nitrogens is 4. The molecule has 0 aliphatic rings. The number of rotatable bonds is 3. The molecule has 0 saturated carbocycles. The molecule has 0 fully saturated rings. The maximum atomic E-state index is 4.55. The molecule has 0 bridgehead atoms. The normalized spacial score (nSPS) is 11.5. The summed E-state index contributed by atoms with van der Waals surface area (Å²) in [7, 11) is 1.96. The Morgan fingerprint density at radius 2 is 1.96 bits per heavy atom. The Bertz CT molecular complexity index is 1240. The predicted molar refractivity (Wildman–Crippen MR) is 108 cm³/mol. The average molecular weight is 359 g/mol. The lowest BCUT2D eigenvalue weighted by Crippen LogP contribution is -1.94. The lowest BCUT2D eigenvalue weighted by molar-refractivity contribution is 0.777. The maximum Gasteiger partial charge on any atom is 0.125 e. The van der Waals surface area contributed by atoms with Crippen LogP contribution < -0.4 is 5.32 Å². The number of aromatic amines is 1. The summed E-state index contributed by atoms with van der Waals surface area (Å²) in [6.07, 6.45) is 5.66. The summed E-state index contributed by atoms with van der Waals surface area (Å²) in [6, 6.07) is 12.6. The molecule has 4 heterocycles. The van der Waals surface area contributed by atoms with Gasteiger partial charge >= 0.3 is 0 Å². The van der Waals surface area contributed by atoms with Gasteiger partial charge in [-0.15, -0.1) is 11.3 Å². The van der Waals surface area contributed by atoms with E-state index in [9.17, 15) is 0 Å². The molecule has 4 aromatic heterocycles. The molecule has 6 heteroatoms. The number of fused-ring (bicyclic) bond motifs is 2. The molecule has 5 nitrogen and oxygen atoms in total. The summed E-state index contributed by atoms with van der Waals surface area (Å²) in [5.74, 6) is 0. The van der Waals surface area contributed by atoms with Gasteiger partial charge in [0.15, 0.2) is 0 Å². The molecule has 0 saturated heterocycles. The van der Waals surface area contributed by atoms with Gasteiger partial charge in [0.25, 0.3) is 0 Å². The second-order valence-electron chi connectivity index (χ2n) is 6.33. The molecule has 0 spiro atoms. The first-order valence-electron chi connectivity index (χ1n) is 8.41. The zero-order chi connectivity index (χ0) is 17.7. The zero-order valence-corrected chi connectivity index (χ0v) is 15.3. The average Bonchev–Trinajstić information content (AvgIpc) is 3.36. The van der Waals surface area contributed by atoms with Gasteiger partial charge in [0, 0.05) is 47.6 Å². The number of hydrogen-bond acceptors (Lipinski definition) is 4. The second kappa shape index (κ2) is 5.71. The smallest absolute Gasteiger partial charge is 0.125 e. The summed E-state index contributed by atoms with van der Waals surface area (Å²) in [5.41, 5.74) is 5.66. The van der Waals surface area contributed by atoms with Crippen molar-refractivity contribution >= 4 is 43.8 Å². The van der Waals surface area contributed by atoms with Crippen LogP contribution in [0.4, 0.5) is 11.4 Å². The Hall–Kier alpha value is -3.12. The van der Waals surface area contributed by atoms with Gasteiger partial charge in [-0.3, -0.25) is 4.68 Å². The number of aryl methyl sites for hydroxylation is 2. The van der Waals surface area contributed by atoms with E-state index in [1.54, 1.807) is 11.3 Å². The van der Waals surface area contributed by atoms with Crippen LogP contribution in [0.1, 0.15) is 5.56 Å². The van der Waals surface area contributed by atoms with Gasteiger partial charge in [0.1, 0.15) is 4.83 Å². The molecule has 26 heavy (non-hydrogen) atoms. The summed E-state index contributed by atoms with van der Waals surface area (Å²) in [5, 5.41) is 10.2. The highest BCUT2D eigenvalue weighted by Crippen LogP contribution is 2.37. The Morgan fingerprint density at radius 3 is 2.81 bits per heavy atom. The van der Waals surface area contributed by atoms with Crippen LogP contribution in [0.5, 0.6) is 0 Å². The minimum absolute atomic E-state index is 1.02. The number of anilines is 2. The van der Waals surface area contributed by atoms with Crippen LogP contribution in [0.3, 0.4) is 0 Å². The van der Waals surface area contributed by atoms with Gasteiger partial charge in [-0.25, -0.2) is 4.98 Å². The first kappa shape index (κ1) is 15.2. The van der Waals surface area contributed by atoms with Gasteiger partial charge in [-0.2, -0.15) is 5.10 Å². The van der Waals surface area contributed by atoms with Crippen molar-refractivity contribution < 1.29 is 0 Å². The van der Waals surface area contributed by atoms with Gasteiger partial charge in [0.05, 0.1) is 16.3 Å². The number of nitrogens with zero attached hydrogens (tertiary/aromatic N) is 3. The molecule has 0 aliphatic carbocycles. The van der Waals surface area contributed by atoms with Crippen molar-refractivity contribution in [1.29, 1.82) is 0 Å². The standard InChI is InChI=1S/C20H17N5S/c1-12-13-5-8-21-16(13)4-3-15(12)24-17-6-9-22-20-14(17)11-19(26-20)18-7-10-23-25(18)2/h3-11,21H,1-2H3,(H,22,24). The molecular weight excluding hydrogens is 342 g/mol. The SMILES string of the molecule is Cc1c(Nc2ccnc3sc(-c4ccnn4C)cc23)ccc2[nH]ccc12. The third-order valence-electron chi connectivity index (χ3n) is 4.78. The molecule has 5 aromatic rings. The number of thiophene rings is 1. The summed E-state index contributed by atoms with van der Waals surface area (Å²) < 4.78 is 1.89. The van der Waals surface area contributed by atoms with Crippen molar-refractivity contribution in [3.05, 3.63) is 60.6 Å². The Kier molecular flexibility index (Phi) is 3.33. The summed E-state index contributed by atoms with van der Waals surface area (Å²) in [4.78, 5) is 10.00. The van der Waals surface area contributed by atoms with Crippen LogP contribution in [0.15, 0.2) is 55.0 Å². The van der Waals surface area contributed by atoms with E-state index in [4.69, 9.17) is 0 Å². The molecule has 0 radical (unpaired) electrons. The fraction of sp³-hybridized carbons (Fsp3) is 0.100. The zero-order valence-electron chi connectivity index (χ0n) is 14.4. The van der Waals surface area contributed by atoms with Crippen LogP contribution in [-0.4, -0.2) is 19.7 Å². The quantitative estimate of drug-likeness (QED) is 0.464. The lowest BCUT2D eigenvalue weighted by Gasteiger charge is -2.11. The van der Waals surface area contributed by atoms with E-state index in [0.29, 0.717) is 0 Å². The van der Waals surface area contributed by atoms with Gasteiger partial charge in [-0.1, -0.05) is 0 Å². The van der Waals surface area contributed by atoms with E-state index in [1.165, 1.54) is 15.8 Å². The first-order chi connectivity index (χ1) is 12.7. The van der Waals surface area contributed by atoms with Crippen LogP contribution in [-0.2, 0) is 7.05 Å². The van der Waals surface area contributed by atoms with Gasteiger partial charge < -0.3 is 10.3 Å². The van der Waals surface area contributed by atoms with E-state index in [0.717, 1.165) is 32.8 Å². The largest absolute Gasteiger partial charge is 0.361 e. The molecular formula is C20H17N5S. The number of hydrogen-bond donors (Lipinski definition) is 2. The fourth-order valence-corrected chi connectivity index (χ4v) is 4.44. The minimum Gasteiger partial charge on any atom is -0.361 e. The van der Waals surface area contributed by atoms with Crippen molar-refractivity contribution in [1.82, 2.24) is 19.7 Å². The maximum absolute atomic E-state index is 4.55. The molecule has 0 aliphatic heterocycles. The van der Waals surface area contributed by atoms with Crippen molar-refractivity contribution in [2.75, 3.05) is 5.32 Å². The van der Waals surface area contributed by atoms with Crippen LogP contribution in [0, 0.1) is 6.92 Å². The highest BCUT2D eigenvalue weighted by atomic mass is 32.1. The number of H-pyrrole nitrogens is 1. The van der Waals surface area contributed by atoms with E-state index in [-0.39, 0.29) is 0 Å². The molecule has 0 unspecified atom stereocenters. The van der Waals surface area contributed by atoms with Crippen molar-refractivity contribution in [3.63, 3.8) is 0 Å².